The summed E-state index contributed by atoms with van der Waals surface area (Å²) < 4.78 is 104. The molecular weight excluding hydrogens is 1320 g/mol. The maximum Gasteiger partial charge on any atom is 0.207 e. The highest BCUT2D eigenvalue weighted by atomic mass is 35.5. The Labute approximate surface area is 558 Å². The lowest BCUT2D eigenvalue weighted by molar-refractivity contribution is 0.595. The second kappa shape index (κ2) is 28.4. The third kappa shape index (κ3) is 14.5. The lowest BCUT2D eigenvalue weighted by Gasteiger charge is -2.17. The van der Waals surface area contributed by atoms with Crippen LogP contribution >= 0.6 is 46.4 Å². The molecule has 0 atom stereocenters. The van der Waals surface area contributed by atoms with Crippen molar-refractivity contribution < 1.29 is 33.7 Å². The molecule has 0 saturated carbocycles. The molecule has 20 heteroatoms. The van der Waals surface area contributed by atoms with E-state index in [9.17, 15) is 33.7 Å². The van der Waals surface area contributed by atoms with E-state index in [1.54, 1.807) is 72.8 Å². The smallest absolute Gasteiger partial charge is 0.207 e. The van der Waals surface area contributed by atoms with Crippen molar-refractivity contribution in [3.63, 3.8) is 0 Å². The van der Waals surface area contributed by atoms with Crippen LogP contribution in [0.5, 0.6) is 0 Å². The van der Waals surface area contributed by atoms with Crippen LogP contribution in [0, 0.1) is 0 Å². The molecular formula is C72H64Cl4N4O8S4. The zero-order valence-corrected chi connectivity index (χ0v) is 57.6. The molecule has 92 heavy (non-hydrogen) atoms. The molecule has 0 aliphatic carbocycles. The van der Waals surface area contributed by atoms with Crippen LogP contribution in [0.1, 0.15) is 0 Å². The lowest BCUT2D eigenvalue weighted by atomic mass is 10.1. The number of fused-ring (bicyclic) bond motifs is 4. The summed E-state index contributed by atoms with van der Waals surface area (Å²) >= 11 is 23.4. The van der Waals surface area contributed by atoms with Crippen LogP contribution in [-0.2, 0) is 39.3 Å². The van der Waals surface area contributed by atoms with Crippen molar-refractivity contribution in [2.45, 2.75) is 39.2 Å². The molecule has 0 aliphatic heterocycles. The number of hydrogen-bond donors (Lipinski definition) is 0. The third-order valence-corrected chi connectivity index (χ3v) is 23.3. The molecule has 12 nitrogen and oxygen atoms in total. The van der Waals surface area contributed by atoms with Gasteiger partial charge in [0.15, 0.2) is 0 Å². The topological polar surface area (TPSA) is 150 Å². The molecule has 0 aromatic heterocycles. The summed E-state index contributed by atoms with van der Waals surface area (Å²) in [6, 6.07) is 69.1. The summed E-state index contributed by atoms with van der Waals surface area (Å²) in [7, 11) is 1.11. The fourth-order valence-corrected chi connectivity index (χ4v) is 16.8. The van der Waals surface area contributed by atoms with Gasteiger partial charge in [-0.2, -0.15) is 0 Å². The van der Waals surface area contributed by atoms with Crippen LogP contribution in [0.15, 0.2) is 282 Å². The van der Waals surface area contributed by atoms with E-state index in [1.165, 1.54) is 48.5 Å². The van der Waals surface area contributed by atoms with E-state index in [1.807, 2.05) is 197 Å². The quantitative estimate of drug-likeness (QED) is 0.115. The van der Waals surface area contributed by atoms with E-state index in [-0.39, 0.29) is 19.6 Å². The first kappa shape index (κ1) is 68.2. The Morgan fingerprint density at radius 2 is 0.359 bits per heavy atom. The van der Waals surface area contributed by atoms with Crippen LogP contribution in [0.4, 0.5) is 22.7 Å². The zero-order valence-electron chi connectivity index (χ0n) is 51.3. The second-order valence-electron chi connectivity index (χ2n) is 21.9. The molecule has 0 amide bonds. The minimum Gasteiger partial charge on any atom is -0.377 e. The first-order valence-corrected chi connectivity index (χ1v) is 35.9. The van der Waals surface area contributed by atoms with E-state index in [4.69, 9.17) is 46.4 Å². The number of halogens is 4. The summed E-state index contributed by atoms with van der Waals surface area (Å²) in [5, 5.41) is 8.55. The molecule has 0 saturated heterocycles. The van der Waals surface area contributed by atoms with Crippen molar-refractivity contribution in [3.8, 4) is 0 Å². The zero-order chi connectivity index (χ0) is 66.5. The highest BCUT2D eigenvalue weighted by Gasteiger charge is 2.26. The van der Waals surface area contributed by atoms with Crippen LogP contribution < -0.4 is 19.6 Å². The molecule has 12 aromatic carbocycles. The van der Waals surface area contributed by atoms with Crippen molar-refractivity contribution in [3.05, 3.63) is 263 Å². The van der Waals surface area contributed by atoms with Gasteiger partial charge in [0.1, 0.15) is 0 Å². The minimum atomic E-state index is -3.60. The summed E-state index contributed by atoms with van der Waals surface area (Å²) in [5.41, 5.74) is 3.93. The Morgan fingerprint density at radius 3 is 0.511 bits per heavy atom. The van der Waals surface area contributed by atoms with Gasteiger partial charge >= 0.3 is 0 Å². The molecule has 472 valence electrons. The first-order valence-electron chi connectivity index (χ1n) is 28.4. The highest BCUT2D eigenvalue weighted by molar-refractivity contribution is 7.92. The van der Waals surface area contributed by atoms with Gasteiger partial charge < -0.3 is 19.6 Å². The molecule has 12 rings (SSSR count). The van der Waals surface area contributed by atoms with Gasteiger partial charge in [0.05, 0.1) is 39.2 Å². The third-order valence-electron chi connectivity index (χ3n) is 15.0. The largest absolute Gasteiger partial charge is 0.377 e. The van der Waals surface area contributed by atoms with Crippen LogP contribution in [-0.4, -0.2) is 90.1 Å². The van der Waals surface area contributed by atoms with Gasteiger partial charge in [-0.3, -0.25) is 0 Å². The Kier molecular flexibility index (Phi) is 21.0. The summed E-state index contributed by atoms with van der Waals surface area (Å²) in [6.45, 7) is 0. The molecule has 0 spiro atoms. The number of sulfone groups is 4. The molecule has 0 N–H and O–H groups in total. The van der Waals surface area contributed by atoms with E-state index >= 15 is 0 Å². The van der Waals surface area contributed by atoms with Gasteiger partial charge in [-0.1, -0.05) is 143 Å². The van der Waals surface area contributed by atoms with E-state index in [0.717, 1.165) is 44.3 Å². The van der Waals surface area contributed by atoms with Crippen LogP contribution in [0.3, 0.4) is 0 Å². The Bertz CT molecular complexity index is 4510. The van der Waals surface area contributed by atoms with Crippen molar-refractivity contribution in [1.29, 1.82) is 0 Å². The number of anilines is 4. The molecule has 0 aliphatic rings. The standard InChI is InChI=1S/4C18H16ClNO2S/c4*1-20(2)17-11-12-18(16-6-4-3-5-15(16)17)23(21,22)14-9-7-13(19)8-10-14/h4*3-12H,1-2H3. The lowest BCUT2D eigenvalue weighted by Crippen LogP contribution is -2.10. The van der Waals surface area contributed by atoms with Gasteiger partial charge in [0.2, 0.25) is 39.3 Å². The normalized spacial score (nSPS) is 11.6. The number of hydrogen-bond acceptors (Lipinski definition) is 12. The van der Waals surface area contributed by atoms with Gasteiger partial charge in [0, 0.05) is 142 Å². The molecule has 0 bridgehead atoms. The number of nitrogens with zero attached hydrogens (tertiary/aromatic N) is 4. The maximum atomic E-state index is 13.0. The van der Waals surface area contributed by atoms with E-state index < -0.39 is 39.3 Å². The van der Waals surface area contributed by atoms with Gasteiger partial charge in [-0.05, 0) is 146 Å². The maximum absolute atomic E-state index is 13.0. The van der Waals surface area contributed by atoms with Gasteiger partial charge in [0.25, 0.3) is 0 Å². The summed E-state index contributed by atoms with van der Waals surface area (Å²) in [4.78, 5) is 10.1. The first-order chi connectivity index (χ1) is 43.6. The highest BCUT2D eigenvalue weighted by Crippen LogP contribution is 2.39. The summed E-state index contributed by atoms with van der Waals surface area (Å²) in [5.74, 6) is 0. The fraction of sp³-hybridized carbons (Fsp3) is 0.111. The molecule has 0 heterocycles. The van der Waals surface area contributed by atoms with E-state index in [0.29, 0.717) is 61.2 Å². The fourth-order valence-electron chi connectivity index (χ4n) is 10.5. The Morgan fingerprint density at radius 1 is 0.207 bits per heavy atom. The predicted octanol–water partition coefficient (Wildman–Crippen LogP) is 17.6. The Balaban J connectivity index is 0.000000145. The molecule has 0 radical (unpaired) electrons. The van der Waals surface area contributed by atoms with Crippen molar-refractivity contribution in [2.24, 2.45) is 0 Å². The van der Waals surface area contributed by atoms with Crippen LogP contribution in [0.2, 0.25) is 20.1 Å². The molecule has 0 fully saturated rings. The van der Waals surface area contributed by atoms with Gasteiger partial charge in [-0.15, -0.1) is 0 Å². The monoisotopic (exact) mass is 1380 g/mol. The number of rotatable bonds is 12. The SMILES string of the molecule is CN(C)c1ccc(S(=O)(=O)c2ccc(Cl)cc2)c2ccccc12.CN(C)c1ccc(S(=O)(=O)c2ccc(Cl)cc2)c2ccccc12.CN(C)c1ccc(S(=O)(=O)c2ccc(Cl)cc2)c2ccccc12.CN(C)c1ccc(S(=O)(=O)c2ccc(Cl)cc2)c2ccccc12. The summed E-state index contributed by atoms with van der Waals surface area (Å²) in [6.07, 6.45) is 0. The number of benzene rings is 12. The average molecular weight is 1380 g/mol. The Hall–Kier alpha value is -8.16. The second-order valence-corrected chi connectivity index (χ2v) is 31.3. The molecule has 0 unspecified atom stereocenters. The van der Waals surface area contributed by atoms with Crippen molar-refractivity contribution in [1.82, 2.24) is 0 Å². The predicted molar refractivity (Wildman–Crippen MR) is 381 cm³/mol. The van der Waals surface area contributed by atoms with Crippen LogP contribution in [0.25, 0.3) is 43.1 Å². The van der Waals surface area contributed by atoms with Crippen molar-refractivity contribution >= 4 is 152 Å². The van der Waals surface area contributed by atoms with E-state index in [2.05, 4.69) is 0 Å². The average Bonchev–Trinajstić information content (AvgIpc) is 0.810. The molecule has 12 aromatic rings. The van der Waals surface area contributed by atoms with Gasteiger partial charge in [-0.25, -0.2) is 33.7 Å². The minimum absolute atomic E-state index is 0.240. The van der Waals surface area contributed by atoms with Crippen molar-refractivity contribution in [2.75, 3.05) is 76.0 Å².